The molecule has 5 heteroatoms. The van der Waals surface area contributed by atoms with Crippen LogP contribution in [-0.4, -0.2) is 21.8 Å². The van der Waals surface area contributed by atoms with E-state index in [1.54, 1.807) is 6.07 Å². The highest BCUT2D eigenvalue weighted by atomic mass is 32.2. The highest BCUT2D eigenvalue weighted by Gasteiger charge is 2.05. The van der Waals surface area contributed by atoms with E-state index in [1.807, 2.05) is 6.92 Å². The van der Waals surface area contributed by atoms with Crippen molar-refractivity contribution in [2.45, 2.75) is 37.1 Å². The number of nitrogens with two attached hydrogens (primary N) is 1. The number of rotatable bonds is 5. The molecule has 0 bridgehead atoms. The predicted molar refractivity (Wildman–Crippen MR) is 63.2 cm³/mol. The molecule has 1 rings (SSSR count). The van der Waals surface area contributed by atoms with E-state index in [0.29, 0.717) is 11.7 Å². The third-order valence-corrected chi connectivity index (χ3v) is 2.94. The van der Waals surface area contributed by atoms with E-state index in [9.17, 15) is 4.79 Å². The Morgan fingerprint density at radius 2 is 2.40 bits per heavy atom. The Kier molecular flexibility index (Phi) is 4.84. The lowest BCUT2D eigenvalue weighted by Crippen LogP contribution is -2.15. The van der Waals surface area contributed by atoms with Crippen LogP contribution < -0.4 is 11.3 Å². The molecule has 1 aromatic rings. The van der Waals surface area contributed by atoms with Crippen molar-refractivity contribution < 1.29 is 0 Å². The number of nitrogens with zero attached hydrogens (tertiary/aromatic N) is 1. The summed E-state index contributed by atoms with van der Waals surface area (Å²) in [5, 5.41) is 0.939. The highest BCUT2D eigenvalue weighted by molar-refractivity contribution is 7.99. The molecule has 1 heterocycles. The van der Waals surface area contributed by atoms with Crippen molar-refractivity contribution in [2.24, 2.45) is 5.73 Å². The van der Waals surface area contributed by atoms with Gasteiger partial charge in [-0.25, -0.2) is 4.98 Å². The molecule has 4 nitrogen and oxygen atoms in total. The normalized spacial score (nSPS) is 12.7. The standard InChI is InChI=1S/C10H17N3OS/c1-3-4-8-5-9(14)13-10(12-8)15-7(2)6-11/h5,7H,3-4,6,11H2,1-2H3,(H,12,13,14). The number of nitrogens with one attached hydrogen (secondary N) is 1. The Balaban J connectivity index is 2.83. The van der Waals surface area contributed by atoms with E-state index in [1.165, 1.54) is 11.8 Å². The Hall–Kier alpha value is -0.810. The van der Waals surface area contributed by atoms with Crippen molar-refractivity contribution in [2.75, 3.05) is 6.54 Å². The Morgan fingerprint density at radius 3 is 3.00 bits per heavy atom. The number of aromatic amines is 1. The second-order valence-electron chi connectivity index (χ2n) is 3.46. The molecule has 0 spiro atoms. The monoisotopic (exact) mass is 227 g/mol. The van der Waals surface area contributed by atoms with Crippen LogP contribution in [0.2, 0.25) is 0 Å². The van der Waals surface area contributed by atoms with E-state index < -0.39 is 0 Å². The number of aryl methyl sites for hydroxylation is 1. The maximum Gasteiger partial charge on any atom is 0.251 e. The van der Waals surface area contributed by atoms with Gasteiger partial charge in [-0.05, 0) is 6.42 Å². The fourth-order valence-electron chi connectivity index (χ4n) is 1.16. The summed E-state index contributed by atoms with van der Waals surface area (Å²) in [4.78, 5) is 18.4. The number of hydrogen-bond donors (Lipinski definition) is 2. The van der Waals surface area contributed by atoms with Crippen molar-refractivity contribution in [3.05, 3.63) is 22.1 Å². The smallest absolute Gasteiger partial charge is 0.251 e. The maximum atomic E-state index is 11.3. The van der Waals surface area contributed by atoms with Gasteiger partial charge in [-0.3, -0.25) is 4.79 Å². The van der Waals surface area contributed by atoms with Gasteiger partial charge in [0, 0.05) is 23.6 Å². The molecule has 1 unspecified atom stereocenters. The van der Waals surface area contributed by atoms with Gasteiger partial charge in [-0.15, -0.1) is 0 Å². The first-order chi connectivity index (χ1) is 7.15. The SMILES string of the molecule is CCCc1cc(=O)[nH]c(SC(C)CN)n1. The summed E-state index contributed by atoms with van der Waals surface area (Å²) in [7, 11) is 0. The fraction of sp³-hybridized carbons (Fsp3) is 0.600. The summed E-state index contributed by atoms with van der Waals surface area (Å²) in [6.45, 7) is 4.65. The Labute approximate surface area is 93.7 Å². The van der Waals surface area contributed by atoms with E-state index in [-0.39, 0.29) is 10.8 Å². The molecule has 1 atom stereocenters. The first kappa shape index (κ1) is 12.3. The minimum absolute atomic E-state index is 0.0832. The molecule has 0 aliphatic carbocycles. The van der Waals surface area contributed by atoms with Crippen LogP contribution in [0.5, 0.6) is 0 Å². The molecule has 0 fully saturated rings. The van der Waals surface area contributed by atoms with E-state index in [0.717, 1.165) is 18.5 Å². The van der Waals surface area contributed by atoms with Crippen LogP contribution in [-0.2, 0) is 6.42 Å². The zero-order chi connectivity index (χ0) is 11.3. The topological polar surface area (TPSA) is 71.8 Å². The third kappa shape index (κ3) is 4.05. The van der Waals surface area contributed by atoms with E-state index >= 15 is 0 Å². The molecule has 84 valence electrons. The van der Waals surface area contributed by atoms with Crippen molar-refractivity contribution in [3.8, 4) is 0 Å². The van der Waals surface area contributed by atoms with Crippen molar-refractivity contribution in [1.82, 2.24) is 9.97 Å². The molecule has 0 aliphatic rings. The zero-order valence-corrected chi connectivity index (χ0v) is 9.93. The number of aromatic nitrogens is 2. The second-order valence-corrected chi connectivity index (χ2v) is 4.88. The van der Waals surface area contributed by atoms with Crippen LogP contribution in [0.25, 0.3) is 0 Å². The average molecular weight is 227 g/mol. The number of H-pyrrole nitrogens is 1. The summed E-state index contributed by atoms with van der Waals surface area (Å²) in [5.41, 5.74) is 6.29. The Bertz CT molecular complexity index is 364. The fourth-order valence-corrected chi connectivity index (χ4v) is 1.97. The van der Waals surface area contributed by atoms with Gasteiger partial charge in [0.2, 0.25) is 0 Å². The van der Waals surface area contributed by atoms with Crippen molar-refractivity contribution in [1.29, 1.82) is 0 Å². The van der Waals surface area contributed by atoms with Crippen LogP contribution in [0.1, 0.15) is 26.0 Å². The quantitative estimate of drug-likeness (QED) is 0.585. The van der Waals surface area contributed by atoms with Gasteiger partial charge >= 0.3 is 0 Å². The molecule has 1 aromatic heterocycles. The first-order valence-electron chi connectivity index (χ1n) is 5.12. The molecule has 0 radical (unpaired) electrons. The largest absolute Gasteiger partial charge is 0.329 e. The number of thioether (sulfide) groups is 1. The average Bonchev–Trinajstić information content (AvgIpc) is 2.17. The van der Waals surface area contributed by atoms with Gasteiger partial charge in [0.15, 0.2) is 5.16 Å². The van der Waals surface area contributed by atoms with Crippen LogP contribution >= 0.6 is 11.8 Å². The first-order valence-corrected chi connectivity index (χ1v) is 6.00. The zero-order valence-electron chi connectivity index (χ0n) is 9.12. The second kappa shape index (κ2) is 5.92. The van der Waals surface area contributed by atoms with Gasteiger partial charge in [0.05, 0.1) is 0 Å². The maximum absolute atomic E-state index is 11.3. The molecular formula is C10H17N3OS. The van der Waals surface area contributed by atoms with Crippen LogP contribution in [0, 0.1) is 0 Å². The molecule has 0 amide bonds. The molecular weight excluding hydrogens is 210 g/mol. The van der Waals surface area contributed by atoms with Gasteiger partial charge in [0.25, 0.3) is 5.56 Å². The van der Waals surface area contributed by atoms with Gasteiger partial charge < -0.3 is 10.7 Å². The predicted octanol–water partition coefficient (Wildman–Crippen LogP) is 1.16. The van der Waals surface area contributed by atoms with Gasteiger partial charge in [0.1, 0.15) is 0 Å². The molecule has 0 saturated carbocycles. The lowest BCUT2D eigenvalue weighted by Gasteiger charge is -2.07. The lowest BCUT2D eigenvalue weighted by atomic mass is 10.2. The van der Waals surface area contributed by atoms with Crippen LogP contribution in [0.3, 0.4) is 0 Å². The van der Waals surface area contributed by atoms with Gasteiger partial charge in [-0.2, -0.15) is 0 Å². The lowest BCUT2D eigenvalue weighted by molar-refractivity contribution is 0.811. The third-order valence-electron chi connectivity index (χ3n) is 1.92. The van der Waals surface area contributed by atoms with Crippen molar-refractivity contribution in [3.63, 3.8) is 0 Å². The van der Waals surface area contributed by atoms with Crippen LogP contribution in [0.15, 0.2) is 16.0 Å². The molecule has 0 aromatic carbocycles. The van der Waals surface area contributed by atoms with E-state index in [2.05, 4.69) is 16.9 Å². The van der Waals surface area contributed by atoms with E-state index in [4.69, 9.17) is 5.73 Å². The summed E-state index contributed by atoms with van der Waals surface area (Å²) in [6.07, 6.45) is 1.83. The summed E-state index contributed by atoms with van der Waals surface area (Å²) < 4.78 is 0. The molecule has 3 N–H and O–H groups in total. The molecule has 0 saturated heterocycles. The minimum Gasteiger partial charge on any atom is -0.329 e. The molecule has 15 heavy (non-hydrogen) atoms. The summed E-state index contributed by atoms with van der Waals surface area (Å²) in [6, 6.07) is 1.56. The van der Waals surface area contributed by atoms with Crippen molar-refractivity contribution >= 4 is 11.8 Å². The van der Waals surface area contributed by atoms with Gasteiger partial charge in [-0.1, -0.05) is 32.0 Å². The Morgan fingerprint density at radius 1 is 1.67 bits per heavy atom. The number of hydrogen-bond acceptors (Lipinski definition) is 4. The highest BCUT2D eigenvalue weighted by Crippen LogP contribution is 2.17. The summed E-state index contributed by atoms with van der Waals surface area (Å²) >= 11 is 1.51. The summed E-state index contributed by atoms with van der Waals surface area (Å²) in [5.74, 6) is 0. The molecule has 0 aliphatic heterocycles. The minimum atomic E-state index is -0.0832. The van der Waals surface area contributed by atoms with Crippen LogP contribution in [0.4, 0.5) is 0 Å².